The summed E-state index contributed by atoms with van der Waals surface area (Å²) in [7, 11) is 1.63. The molecule has 1 aromatic carbocycles. The maximum atomic E-state index is 5.05. The van der Waals surface area contributed by atoms with Gasteiger partial charge in [-0.1, -0.05) is 0 Å². The molecule has 0 spiro atoms. The minimum absolute atomic E-state index is 0.707. The van der Waals surface area contributed by atoms with Gasteiger partial charge in [0.2, 0.25) is 0 Å². The van der Waals surface area contributed by atoms with Crippen LogP contribution >= 0.6 is 0 Å². The van der Waals surface area contributed by atoms with Crippen molar-refractivity contribution < 1.29 is 14.5 Å². The lowest BCUT2D eigenvalue weighted by Gasteiger charge is -2.10. The predicted octanol–water partition coefficient (Wildman–Crippen LogP) is 1.99. The molecule has 0 aliphatic carbocycles. The van der Waals surface area contributed by atoms with E-state index in [0.29, 0.717) is 5.75 Å². The summed E-state index contributed by atoms with van der Waals surface area (Å²) in [6.45, 7) is 0. The third-order valence-corrected chi connectivity index (χ3v) is 1.66. The highest BCUT2D eigenvalue weighted by atomic mass is 17.2. The molecule has 0 saturated heterocycles. The van der Waals surface area contributed by atoms with Crippen LogP contribution in [-0.4, -0.2) is 7.11 Å². The molecule has 0 bridgehead atoms. The van der Waals surface area contributed by atoms with Gasteiger partial charge in [0.05, 0.1) is 7.11 Å². The Kier molecular flexibility index (Phi) is 1.63. The second kappa shape index (κ2) is 2.77. The van der Waals surface area contributed by atoms with E-state index in [-0.39, 0.29) is 0 Å². The molecular weight excluding hydrogens is 156 g/mol. The standard InChI is InChI=1S/C9H8O3/c1-10-8-2-3-9-7(6-8)4-5-11-12-9/h2-6H,1H3. The van der Waals surface area contributed by atoms with E-state index in [4.69, 9.17) is 9.62 Å². The van der Waals surface area contributed by atoms with E-state index in [9.17, 15) is 0 Å². The van der Waals surface area contributed by atoms with Gasteiger partial charge < -0.3 is 4.74 Å². The maximum Gasteiger partial charge on any atom is 0.186 e. The molecule has 0 N–H and O–H groups in total. The van der Waals surface area contributed by atoms with E-state index in [1.165, 1.54) is 6.26 Å². The van der Waals surface area contributed by atoms with Crippen molar-refractivity contribution in [3.05, 3.63) is 30.0 Å². The van der Waals surface area contributed by atoms with Crippen molar-refractivity contribution >= 4 is 6.08 Å². The van der Waals surface area contributed by atoms with Crippen molar-refractivity contribution in [1.29, 1.82) is 0 Å². The summed E-state index contributed by atoms with van der Waals surface area (Å²) in [6.07, 6.45) is 3.31. The zero-order chi connectivity index (χ0) is 8.39. The summed E-state index contributed by atoms with van der Waals surface area (Å²) < 4.78 is 5.05. The van der Waals surface area contributed by atoms with Crippen LogP contribution in [0.1, 0.15) is 5.56 Å². The Labute approximate surface area is 70.1 Å². The van der Waals surface area contributed by atoms with Gasteiger partial charge in [0.15, 0.2) is 5.75 Å². The fraction of sp³-hybridized carbons (Fsp3) is 0.111. The zero-order valence-corrected chi connectivity index (χ0v) is 6.61. The van der Waals surface area contributed by atoms with E-state index in [1.807, 2.05) is 18.2 Å². The van der Waals surface area contributed by atoms with Crippen LogP contribution in [0.5, 0.6) is 11.5 Å². The van der Waals surface area contributed by atoms with E-state index in [2.05, 4.69) is 4.89 Å². The molecule has 1 aromatic rings. The molecule has 1 aliphatic heterocycles. The van der Waals surface area contributed by atoms with Crippen molar-refractivity contribution in [2.24, 2.45) is 0 Å². The first kappa shape index (κ1) is 7.03. The number of fused-ring (bicyclic) bond motifs is 1. The number of methoxy groups -OCH3 is 1. The summed E-state index contributed by atoms with van der Waals surface area (Å²) >= 11 is 0. The summed E-state index contributed by atoms with van der Waals surface area (Å²) in [4.78, 5) is 9.53. The van der Waals surface area contributed by atoms with Crippen LogP contribution in [0.2, 0.25) is 0 Å². The number of ether oxygens (including phenoxy) is 1. The molecule has 1 aliphatic rings. The van der Waals surface area contributed by atoms with E-state index in [0.717, 1.165) is 11.3 Å². The number of benzene rings is 1. The Morgan fingerprint density at radius 1 is 1.33 bits per heavy atom. The van der Waals surface area contributed by atoms with Crippen LogP contribution < -0.4 is 9.62 Å². The third kappa shape index (κ3) is 1.09. The molecule has 0 radical (unpaired) electrons. The Hall–Kier alpha value is -1.64. The molecule has 0 aromatic heterocycles. The molecule has 0 amide bonds. The first-order valence-electron chi connectivity index (χ1n) is 3.58. The number of hydrogen-bond donors (Lipinski definition) is 0. The smallest absolute Gasteiger partial charge is 0.186 e. The SMILES string of the molecule is COc1ccc2c(c1)C=COO2. The summed E-state index contributed by atoms with van der Waals surface area (Å²) in [6, 6.07) is 5.51. The molecular formula is C9H8O3. The number of hydrogen-bond acceptors (Lipinski definition) is 3. The van der Waals surface area contributed by atoms with Crippen LogP contribution in [0.3, 0.4) is 0 Å². The Bertz CT molecular complexity index is 318. The molecule has 0 unspecified atom stereocenters. The van der Waals surface area contributed by atoms with Gasteiger partial charge in [0.25, 0.3) is 0 Å². The molecule has 0 fully saturated rings. The maximum absolute atomic E-state index is 5.05. The van der Waals surface area contributed by atoms with Crippen molar-refractivity contribution in [3.63, 3.8) is 0 Å². The van der Waals surface area contributed by atoms with Gasteiger partial charge in [-0.15, -0.1) is 0 Å². The van der Waals surface area contributed by atoms with E-state index in [1.54, 1.807) is 13.2 Å². The van der Waals surface area contributed by atoms with Crippen LogP contribution in [0.4, 0.5) is 0 Å². The van der Waals surface area contributed by atoms with Crippen LogP contribution in [0.15, 0.2) is 24.5 Å². The molecule has 1 heterocycles. The molecule has 2 rings (SSSR count). The quantitative estimate of drug-likeness (QED) is 0.594. The average Bonchev–Trinajstić information content (AvgIpc) is 2.17. The van der Waals surface area contributed by atoms with E-state index >= 15 is 0 Å². The lowest BCUT2D eigenvalue weighted by atomic mass is 10.2. The molecule has 0 saturated carbocycles. The fourth-order valence-corrected chi connectivity index (χ4v) is 1.04. The van der Waals surface area contributed by atoms with Gasteiger partial charge in [-0.05, 0) is 24.3 Å². The minimum atomic E-state index is 0.707. The van der Waals surface area contributed by atoms with Gasteiger partial charge in [-0.25, -0.2) is 0 Å². The van der Waals surface area contributed by atoms with Gasteiger partial charge in [0, 0.05) is 5.56 Å². The van der Waals surface area contributed by atoms with Crippen molar-refractivity contribution in [1.82, 2.24) is 0 Å². The first-order valence-corrected chi connectivity index (χ1v) is 3.58. The average molecular weight is 164 g/mol. The molecule has 12 heavy (non-hydrogen) atoms. The van der Waals surface area contributed by atoms with Gasteiger partial charge in [0.1, 0.15) is 12.0 Å². The second-order valence-corrected chi connectivity index (χ2v) is 2.39. The molecule has 0 atom stereocenters. The fourth-order valence-electron chi connectivity index (χ4n) is 1.04. The van der Waals surface area contributed by atoms with Gasteiger partial charge >= 0.3 is 0 Å². The predicted molar refractivity (Wildman–Crippen MR) is 43.7 cm³/mol. The van der Waals surface area contributed by atoms with Crippen LogP contribution in [0, 0.1) is 0 Å². The summed E-state index contributed by atoms with van der Waals surface area (Å²) in [5.41, 5.74) is 0.959. The van der Waals surface area contributed by atoms with Crippen molar-refractivity contribution in [2.45, 2.75) is 0 Å². The van der Waals surface area contributed by atoms with Gasteiger partial charge in [-0.3, -0.25) is 9.78 Å². The Morgan fingerprint density at radius 3 is 3.08 bits per heavy atom. The van der Waals surface area contributed by atoms with Crippen LogP contribution in [-0.2, 0) is 4.89 Å². The largest absolute Gasteiger partial charge is 0.497 e. The molecule has 3 heteroatoms. The highest BCUT2D eigenvalue weighted by Gasteiger charge is 2.07. The summed E-state index contributed by atoms with van der Waals surface area (Å²) in [5.74, 6) is 1.52. The number of rotatable bonds is 1. The van der Waals surface area contributed by atoms with Gasteiger partial charge in [-0.2, -0.15) is 0 Å². The van der Waals surface area contributed by atoms with E-state index < -0.39 is 0 Å². The van der Waals surface area contributed by atoms with Crippen LogP contribution in [0.25, 0.3) is 6.08 Å². The molecule has 62 valence electrons. The van der Waals surface area contributed by atoms with Crippen molar-refractivity contribution in [3.8, 4) is 11.5 Å². The second-order valence-electron chi connectivity index (χ2n) is 2.39. The monoisotopic (exact) mass is 164 g/mol. The lowest BCUT2D eigenvalue weighted by Crippen LogP contribution is -1.97. The normalized spacial score (nSPS) is 12.8. The van der Waals surface area contributed by atoms with Crippen molar-refractivity contribution in [2.75, 3.05) is 7.11 Å². The summed E-state index contributed by atoms with van der Waals surface area (Å²) in [5, 5.41) is 0. The minimum Gasteiger partial charge on any atom is -0.497 e. The topological polar surface area (TPSA) is 27.7 Å². The highest BCUT2D eigenvalue weighted by molar-refractivity contribution is 5.59. The third-order valence-electron chi connectivity index (χ3n) is 1.66. The lowest BCUT2D eigenvalue weighted by molar-refractivity contribution is -0.151. The Morgan fingerprint density at radius 2 is 2.25 bits per heavy atom. The molecule has 3 nitrogen and oxygen atoms in total. The first-order chi connectivity index (χ1) is 5.90. The Balaban J connectivity index is 2.44. The zero-order valence-electron chi connectivity index (χ0n) is 6.61. The highest BCUT2D eigenvalue weighted by Crippen LogP contribution is 2.27.